The molecular weight excluding hydrogens is 426 g/mol. The van der Waals surface area contributed by atoms with E-state index in [2.05, 4.69) is 20.2 Å². The molecule has 4 rings (SSSR count). The van der Waals surface area contributed by atoms with Gasteiger partial charge in [0.25, 0.3) is 5.56 Å². The van der Waals surface area contributed by atoms with Crippen LogP contribution in [0.25, 0.3) is 0 Å². The van der Waals surface area contributed by atoms with Crippen molar-refractivity contribution in [2.75, 3.05) is 19.6 Å². The normalized spacial score (nSPS) is 19.8. The van der Waals surface area contributed by atoms with E-state index in [1.807, 2.05) is 0 Å². The highest BCUT2D eigenvalue weighted by Gasteiger charge is 2.32. The lowest BCUT2D eigenvalue weighted by Crippen LogP contribution is -2.43. The van der Waals surface area contributed by atoms with Gasteiger partial charge in [0.1, 0.15) is 11.9 Å². The van der Waals surface area contributed by atoms with Gasteiger partial charge in [-0.05, 0) is 43.6 Å². The van der Waals surface area contributed by atoms with Gasteiger partial charge in [-0.3, -0.25) is 14.8 Å². The van der Waals surface area contributed by atoms with Gasteiger partial charge >= 0.3 is 6.18 Å². The predicted molar refractivity (Wildman–Crippen MR) is 113 cm³/mol. The molecule has 0 saturated carbocycles. The van der Waals surface area contributed by atoms with Crippen molar-refractivity contribution in [3.63, 3.8) is 0 Å². The molecule has 32 heavy (non-hydrogen) atoms. The second-order valence-electron chi connectivity index (χ2n) is 8.20. The predicted octanol–water partition coefficient (Wildman–Crippen LogP) is 3.11. The average Bonchev–Trinajstić information content (AvgIpc) is 2.77. The third-order valence-electron chi connectivity index (χ3n) is 5.97. The Morgan fingerprint density at radius 3 is 2.56 bits per heavy atom. The number of halogens is 4. The van der Waals surface area contributed by atoms with E-state index < -0.39 is 18.0 Å². The Balaban J connectivity index is 1.25. The van der Waals surface area contributed by atoms with Gasteiger partial charge in [0, 0.05) is 56.3 Å². The first kappa shape index (κ1) is 22.6. The number of pyridine rings is 2. The van der Waals surface area contributed by atoms with Gasteiger partial charge in [-0.25, -0.2) is 4.39 Å². The van der Waals surface area contributed by atoms with Gasteiger partial charge in [0.2, 0.25) is 0 Å². The molecule has 0 bridgehead atoms. The van der Waals surface area contributed by atoms with Crippen LogP contribution in [0.1, 0.15) is 29.8 Å². The molecule has 0 radical (unpaired) electrons. The van der Waals surface area contributed by atoms with E-state index in [-0.39, 0.29) is 18.0 Å². The van der Waals surface area contributed by atoms with Crippen molar-refractivity contribution in [3.05, 3.63) is 57.8 Å². The molecule has 1 atom stereocenters. The van der Waals surface area contributed by atoms with E-state index in [0.717, 1.165) is 32.0 Å². The smallest absolute Gasteiger partial charge is 0.310 e. The maximum absolute atomic E-state index is 13.7. The maximum Gasteiger partial charge on any atom is 0.433 e. The molecule has 1 N–H and O–H groups in total. The number of alkyl halides is 4. The number of aliphatic imine (C=N–C) groups is 1. The summed E-state index contributed by atoms with van der Waals surface area (Å²) in [6.07, 6.45) is -1.11. The largest absolute Gasteiger partial charge is 0.433 e. The zero-order valence-corrected chi connectivity index (χ0v) is 17.5. The molecule has 2 aliphatic rings. The minimum atomic E-state index is -4.43. The Morgan fingerprint density at radius 2 is 1.88 bits per heavy atom. The van der Waals surface area contributed by atoms with Crippen molar-refractivity contribution in [3.8, 4) is 0 Å². The lowest BCUT2D eigenvalue weighted by molar-refractivity contribution is -0.141. The Bertz CT molecular complexity index is 1010. The molecule has 2 aromatic heterocycles. The summed E-state index contributed by atoms with van der Waals surface area (Å²) in [6.45, 7) is 3.32. The Labute approximate surface area is 183 Å². The molecule has 4 heterocycles. The molecule has 0 aliphatic carbocycles. The lowest BCUT2D eigenvalue weighted by Gasteiger charge is -2.33. The Kier molecular flexibility index (Phi) is 6.71. The maximum atomic E-state index is 13.7. The van der Waals surface area contributed by atoms with Crippen molar-refractivity contribution in [2.45, 2.75) is 50.7 Å². The van der Waals surface area contributed by atoms with Gasteiger partial charge in [-0.15, -0.1) is 0 Å². The lowest BCUT2D eigenvalue weighted by atomic mass is 10.0. The molecule has 1 saturated heterocycles. The zero-order chi connectivity index (χ0) is 22.7. The molecular formula is C22H25F4N5O. The summed E-state index contributed by atoms with van der Waals surface area (Å²) < 4.78 is 53.2. The summed E-state index contributed by atoms with van der Waals surface area (Å²) in [5, 5.41) is 3.38. The SMILES string of the molecule is O=c1ccc2c(n1CCN1CCC(NCc3ccc(C(F)(F)F)nc3)CC1)CC(F)C=N2. The number of nitrogens with zero attached hydrogens (tertiary/aromatic N) is 4. The molecule has 1 fully saturated rings. The molecule has 1 unspecified atom stereocenters. The second-order valence-corrected chi connectivity index (χ2v) is 8.20. The Morgan fingerprint density at radius 1 is 1.09 bits per heavy atom. The van der Waals surface area contributed by atoms with Crippen molar-refractivity contribution < 1.29 is 17.6 Å². The number of likely N-dealkylation sites (tertiary alicyclic amines) is 1. The highest BCUT2D eigenvalue weighted by molar-refractivity contribution is 5.72. The van der Waals surface area contributed by atoms with Crippen LogP contribution in [0.4, 0.5) is 23.2 Å². The highest BCUT2D eigenvalue weighted by Crippen LogP contribution is 2.27. The molecule has 172 valence electrons. The third kappa shape index (κ3) is 5.42. The van der Waals surface area contributed by atoms with Crippen LogP contribution in [0.5, 0.6) is 0 Å². The van der Waals surface area contributed by atoms with Crippen LogP contribution >= 0.6 is 0 Å². The second kappa shape index (κ2) is 9.50. The van der Waals surface area contributed by atoms with Gasteiger partial charge in [-0.2, -0.15) is 13.2 Å². The molecule has 2 aromatic rings. The first-order chi connectivity index (χ1) is 15.3. The van der Waals surface area contributed by atoms with E-state index in [9.17, 15) is 22.4 Å². The topological polar surface area (TPSA) is 62.5 Å². The van der Waals surface area contributed by atoms with Crippen molar-refractivity contribution >= 4 is 11.9 Å². The van der Waals surface area contributed by atoms with Crippen LogP contribution in [0.2, 0.25) is 0 Å². The number of fused-ring (bicyclic) bond motifs is 1. The Hall–Kier alpha value is -2.59. The van der Waals surface area contributed by atoms with Gasteiger partial charge in [0.05, 0.1) is 5.69 Å². The minimum Gasteiger partial charge on any atom is -0.310 e. The fourth-order valence-corrected chi connectivity index (χ4v) is 4.14. The quantitative estimate of drug-likeness (QED) is 0.686. The van der Waals surface area contributed by atoms with E-state index in [0.29, 0.717) is 36.6 Å². The minimum absolute atomic E-state index is 0.144. The highest BCUT2D eigenvalue weighted by atomic mass is 19.4. The summed E-state index contributed by atoms with van der Waals surface area (Å²) in [4.78, 5) is 22.2. The summed E-state index contributed by atoms with van der Waals surface area (Å²) in [6, 6.07) is 5.83. The molecule has 6 nitrogen and oxygen atoms in total. The van der Waals surface area contributed by atoms with Crippen LogP contribution in [0.15, 0.2) is 40.2 Å². The van der Waals surface area contributed by atoms with E-state index >= 15 is 0 Å². The molecule has 10 heteroatoms. The number of nitrogens with one attached hydrogen (secondary N) is 1. The van der Waals surface area contributed by atoms with Crippen LogP contribution in [-0.2, 0) is 25.7 Å². The standard InChI is InChI=1S/C22H25F4N5O/c23-16-11-19-18(28-14-16)2-4-21(32)31(19)10-9-30-7-5-17(6-8-30)27-12-15-1-3-20(29-13-15)22(24,25)26/h1-4,13-14,16-17,27H,5-12H2. The molecule has 0 aromatic carbocycles. The summed E-state index contributed by atoms with van der Waals surface area (Å²) in [5.74, 6) is 0. The number of hydrogen-bond acceptors (Lipinski definition) is 5. The van der Waals surface area contributed by atoms with Crippen LogP contribution in [0, 0.1) is 0 Å². The van der Waals surface area contributed by atoms with Crippen LogP contribution in [0.3, 0.4) is 0 Å². The van der Waals surface area contributed by atoms with Crippen LogP contribution < -0.4 is 10.9 Å². The van der Waals surface area contributed by atoms with Crippen molar-refractivity contribution in [1.82, 2.24) is 19.8 Å². The monoisotopic (exact) mass is 451 g/mol. The first-order valence-electron chi connectivity index (χ1n) is 10.7. The van der Waals surface area contributed by atoms with Crippen molar-refractivity contribution in [2.24, 2.45) is 4.99 Å². The number of aromatic nitrogens is 2. The zero-order valence-electron chi connectivity index (χ0n) is 17.5. The fourth-order valence-electron chi connectivity index (χ4n) is 4.14. The molecule has 2 aliphatic heterocycles. The van der Waals surface area contributed by atoms with Gasteiger partial charge in [0.15, 0.2) is 0 Å². The summed E-state index contributed by atoms with van der Waals surface area (Å²) >= 11 is 0. The molecule has 0 spiro atoms. The average molecular weight is 451 g/mol. The molecule has 0 amide bonds. The fraction of sp³-hybridized carbons (Fsp3) is 0.500. The van der Waals surface area contributed by atoms with Crippen LogP contribution in [-0.4, -0.2) is 52.5 Å². The number of piperidine rings is 1. The first-order valence-corrected chi connectivity index (χ1v) is 10.7. The summed E-state index contributed by atoms with van der Waals surface area (Å²) in [5.41, 5.74) is 0.979. The van der Waals surface area contributed by atoms with Gasteiger partial charge < -0.3 is 14.8 Å². The number of hydrogen-bond donors (Lipinski definition) is 1. The van der Waals surface area contributed by atoms with Gasteiger partial charge in [-0.1, -0.05) is 6.07 Å². The number of rotatable bonds is 6. The summed E-state index contributed by atoms with van der Waals surface area (Å²) in [7, 11) is 0. The third-order valence-corrected chi connectivity index (χ3v) is 5.97. The van der Waals surface area contributed by atoms with Crippen molar-refractivity contribution in [1.29, 1.82) is 0 Å². The van der Waals surface area contributed by atoms with E-state index in [4.69, 9.17) is 0 Å². The van der Waals surface area contributed by atoms with E-state index in [1.165, 1.54) is 24.5 Å². The van der Waals surface area contributed by atoms with E-state index in [1.54, 1.807) is 10.6 Å².